The Labute approximate surface area is 699 Å². The fourth-order valence-corrected chi connectivity index (χ4v) is 15.7. The predicted octanol–water partition coefficient (Wildman–Crippen LogP) is 27.5. The number of fused-ring (bicyclic) bond motifs is 6. The largest absolute Gasteiger partial charge is 0.416 e. The van der Waals surface area contributed by atoms with Gasteiger partial charge in [-0.3, -0.25) is 27.4 Å². The number of alkyl halides is 13. The molecule has 0 unspecified atom stereocenters. The van der Waals surface area contributed by atoms with E-state index in [1.165, 1.54) is 48.5 Å². The summed E-state index contributed by atoms with van der Waals surface area (Å²) in [5.74, 6) is -2.71. The number of hydrogen-bond donors (Lipinski definition) is 0. The maximum Gasteiger partial charge on any atom is 0.416 e. The van der Waals surface area contributed by atoms with Crippen LogP contribution in [0.15, 0.2) is 328 Å². The minimum atomic E-state index is -4.52. The SMILES string of the molecule is Cc1ccc(-n2c(-c3cc(-c4nc5ccccc5n4-c4ccc(C(C)(F)F)cc4)cc(-c4nc5ccccc5n4-c4ccc(C(C)(F)F)cc4)c3)nc3ccccc32)cc1.Cc1ccc(-n2c(-c3cc(-c4nc5ccccc5n4-c4ccc(C(F)(F)F)cc4)cc(-c4nc5ccccc5n4-c4ccc(C(F)(F)F)cc4)c3)nc3ccccc32)cc1.FC(F)F. The second-order valence-corrected chi connectivity index (χ2v) is 30.0. The Morgan fingerprint density at radius 3 is 0.532 bits per heavy atom. The van der Waals surface area contributed by atoms with Gasteiger partial charge in [-0.25, -0.2) is 47.5 Å². The number of nitrogens with zero attached hydrogens (tertiary/aromatic N) is 12. The molecule has 0 bridgehead atoms. The molecular weight excluding hydrogens is 1600 g/mol. The van der Waals surface area contributed by atoms with Crippen LogP contribution in [-0.2, 0) is 24.2 Å². The fourth-order valence-electron chi connectivity index (χ4n) is 15.7. The molecule has 0 N–H and O–H groups in total. The van der Waals surface area contributed by atoms with Gasteiger partial charge in [0.05, 0.1) is 77.3 Å². The molecule has 0 amide bonds. The lowest BCUT2D eigenvalue weighted by molar-refractivity contribution is -0.138. The summed E-state index contributed by atoms with van der Waals surface area (Å²) in [6.07, 6.45) is -9.05. The predicted molar refractivity (Wildman–Crippen MR) is 459 cm³/mol. The molecular formula is C99H67F13N12. The van der Waals surface area contributed by atoms with Gasteiger partial charge < -0.3 is 0 Å². The van der Waals surface area contributed by atoms with E-state index in [9.17, 15) is 57.1 Å². The maximum atomic E-state index is 14.4. The molecule has 614 valence electrons. The molecule has 0 radical (unpaired) electrons. The van der Waals surface area contributed by atoms with Crippen molar-refractivity contribution < 1.29 is 57.1 Å². The zero-order valence-corrected chi connectivity index (χ0v) is 66.0. The highest BCUT2D eigenvalue weighted by Crippen LogP contribution is 2.44. The van der Waals surface area contributed by atoms with Crippen LogP contribution in [0.25, 0.3) is 169 Å². The van der Waals surface area contributed by atoms with E-state index in [0.717, 1.165) is 110 Å². The molecule has 0 saturated carbocycles. The Bertz CT molecular complexity index is 6640. The van der Waals surface area contributed by atoms with Gasteiger partial charge in [-0.15, -0.1) is 0 Å². The molecule has 0 saturated heterocycles. The molecule has 0 spiro atoms. The number of benzene rings is 14. The summed E-state index contributed by atoms with van der Waals surface area (Å²) in [5, 5.41) is 0. The topological polar surface area (TPSA) is 107 Å². The van der Waals surface area contributed by atoms with Gasteiger partial charge in [-0.05, 0) is 220 Å². The minimum Gasteiger partial charge on any atom is -0.292 e. The number of imidazole rings is 6. The number of para-hydroxylation sites is 12. The van der Waals surface area contributed by atoms with E-state index in [0.29, 0.717) is 108 Å². The molecule has 6 heterocycles. The van der Waals surface area contributed by atoms with Crippen LogP contribution in [0.1, 0.15) is 47.2 Å². The first kappa shape index (κ1) is 80.1. The van der Waals surface area contributed by atoms with Crippen molar-refractivity contribution in [2.45, 2.75) is 58.6 Å². The molecule has 12 nitrogen and oxygen atoms in total. The third kappa shape index (κ3) is 15.4. The van der Waals surface area contributed by atoms with Crippen molar-refractivity contribution in [1.29, 1.82) is 0 Å². The lowest BCUT2D eigenvalue weighted by Gasteiger charge is -2.16. The van der Waals surface area contributed by atoms with Crippen LogP contribution in [0.4, 0.5) is 57.1 Å². The zero-order chi connectivity index (χ0) is 86.3. The van der Waals surface area contributed by atoms with Crippen LogP contribution in [0.5, 0.6) is 0 Å². The van der Waals surface area contributed by atoms with Crippen molar-refractivity contribution in [3.63, 3.8) is 0 Å². The average molecular weight is 1670 g/mol. The van der Waals surface area contributed by atoms with Gasteiger partial charge in [0.1, 0.15) is 34.9 Å². The van der Waals surface area contributed by atoms with E-state index in [4.69, 9.17) is 29.9 Å². The van der Waals surface area contributed by atoms with Crippen LogP contribution >= 0.6 is 0 Å². The highest BCUT2D eigenvalue weighted by atomic mass is 19.4. The normalized spacial score (nSPS) is 12.1. The van der Waals surface area contributed by atoms with E-state index in [2.05, 4.69) is 33.4 Å². The molecule has 0 aliphatic rings. The van der Waals surface area contributed by atoms with Gasteiger partial charge in [-0.1, -0.05) is 132 Å². The molecule has 6 aromatic heterocycles. The molecule has 20 aromatic rings. The van der Waals surface area contributed by atoms with Crippen molar-refractivity contribution >= 4 is 66.2 Å². The first-order valence-electron chi connectivity index (χ1n) is 39.1. The molecule has 124 heavy (non-hydrogen) atoms. The lowest BCUT2D eigenvalue weighted by Crippen LogP contribution is -2.07. The summed E-state index contributed by atoms with van der Waals surface area (Å²) in [4.78, 5) is 30.9. The van der Waals surface area contributed by atoms with Gasteiger partial charge in [0.2, 0.25) is 0 Å². The number of halogens is 13. The summed E-state index contributed by atoms with van der Waals surface area (Å²) in [6, 6.07) is 96.7. The second kappa shape index (κ2) is 31.5. The summed E-state index contributed by atoms with van der Waals surface area (Å²) >= 11 is 0. The second-order valence-electron chi connectivity index (χ2n) is 30.0. The lowest BCUT2D eigenvalue weighted by atomic mass is 10.0. The van der Waals surface area contributed by atoms with Crippen molar-refractivity contribution in [2.24, 2.45) is 0 Å². The number of hydrogen-bond acceptors (Lipinski definition) is 6. The third-order valence-corrected chi connectivity index (χ3v) is 21.5. The first-order chi connectivity index (χ1) is 59.5. The molecule has 0 fully saturated rings. The fraction of sp³-hybridized carbons (Fsp3) is 0.0909. The zero-order valence-electron chi connectivity index (χ0n) is 66.0. The summed E-state index contributed by atoms with van der Waals surface area (Å²) < 4.78 is 181. The molecule has 20 rings (SSSR count). The molecule has 0 atom stereocenters. The molecule has 0 aliphatic carbocycles. The van der Waals surface area contributed by atoms with Crippen LogP contribution in [-0.4, -0.2) is 64.0 Å². The molecule has 14 aromatic carbocycles. The van der Waals surface area contributed by atoms with E-state index >= 15 is 0 Å². The van der Waals surface area contributed by atoms with E-state index in [-0.39, 0.29) is 11.1 Å². The number of aryl methyl sites for hydroxylation is 2. The highest BCUT2D eigenvalue weighted by Gasteiger charge is 2.34. The smallest absolute Gasteiger partial charge is 0.292 e. The van der Waals surface area contributed by atoms with Gasteiger partial charge in [0.15, 0.2) is 0 Å². The maximum absolute atomic E-state index is 14.4. The minimum absolute atomic E-state index is 0.0916. The van der Waals surface area contributed by atoms with E-state index in [1.807, 2.05) is 238 Å². The summed E-state index contributed by atoms with van der Waals surface area (Å²) in [6.45, 7) is 2.17. The Hall–Kier alpha value is -15.0. The van der Waals surface area contributed by atoms with Crippen molar-refractivity contribution in [3.05, 3.63) is 361 Å². The highest BCUT2D eigenvalue weighted by molar-refractivity contribution is 5.93. The number of aromatic nitrogens is 12. The van der Waals surface area contributed by atoms with Crippen LogP contribution in [0, 0.1) is 13.8 Å². The first-order valence-corrected chi connectivity index (χ1v) is 39.1. The Morgan fingerprint density at radius 1 is 0.218 bits per heavy atom. The quantitative estimate of drug-likeness (QED) is 0.100. The Kier molecular flexibility index (Phi) is 20.4. The monoisotopic (exact) mass is 1670 g/mol. The summed E-state index contributed by atoms with van der Waals surface area (Å²) in [7, 11) is 0. The number of rotatable bonds is 14. The van der Waals surface area contributed by atoms with Gasteiger partial charge in [-0.2, -0.15) is 39.5 Å². The van der Waals surface area contributed by atoms with Crippen LogP contribution < -0.4 is 0 Å². The van der Waals surface area contributed by atoms with Crippen LogP contribution in [0.2, 0.25) is 0 Å². The van der Waals surface area contributed by atoms with Gasteiger partial charge >= 0.3 is 19.0 Å². The van der Waals surface area contributed by atoms with E-state index < -0.39 is 42.0 Å². The third-order valence-electron chi connectivity index (χ3n) is 21.5. The average Bonchev–Trinajstić information content (AvgIpc) is 1.58. The van der Waals surface area contributed by atoms with Gasteiger partial charge in [0.25, 0.3) is 11.8 Å². The van der Waals surface area contributed by atoms with Crippen LogP contribution in [0.3, 0.4) is 0 Å². The molecule has 0 aliphatic heterocycles. The summed E-state index contributed by atoms with van der Waals surface area (Å²) in [5.41, 5.74) is 17.4. The Morgan fingerprint density at radius 2 is 0.371 bits per heavy atom. The van der Waals surface area contributed by atoms with Crippen molar-refractivity contribution in [2.75, 3.05) is 0 Å². The van der Waals surface area contributed by atoms with E-state index in [1.54, 1.807) is 24.3 Å². The van der Waals surface area contributed by atoms with Crippen molar-refractivity contribution in [3.8, 4) is 102 Å². The Balaban J connectivity index is 0.000000162. The molecule has 25 heteroatoms. The van der Waals surface area contributed by atoms with Crippen molar-refractivity contribution in [1.82, 2.24) is 57.3 Å². The van der Waals surface area contributed by atoms with Gasteiger partial charge in [0, 0.05) is 92.5 Å². The standard InChI is InChI=1S/C50H36F4N6.C48H30F6N6.CHF3/c1-31-16-22-37(23-17-31)58-43-13-7-4-10-40(43)55-46(58)32-28-33(47-56-41-11-5-8-14-44(41)59(47)38-24-18-35(19-25-38)49(2,51)52)30-34(29-32)48-57-42-12-6-9-15-45(42)60(48)39-26-20-36(21-27-39)50(3,53)54;1-29-14-20-35(21-15-29)58-41-11-5-2-8-38(41)55-44(58)30-26-31(45-56-39-9-3-6-12-42(39)59(45)36-22-16-33(17-23-36)47(49,50)51)28-32(27-30)46-57-40-10-4-7-13-43(40)60(46)37-24-18-34(19-25-37)48(52,53)54;2-1(3)4/h4-30H,1-3H3;2-28H,1H3;1H.